The normalized spacial score (nSPS) is 11.7. The zero-order valence-corrected chi connectivity index (χ0v) is 7.02. The molecule has 0 bridgehead atoms. The Bertz CT molecular complexity index is 313. The summed E-state index contributed by atoms with van der Waals surface area (Å²) in [6.07, 6.45) is -3.84. The number of hydrogen-bond donors (Lipinski definition) is 1. The van der Waals surface area contributed by atoms with Crippen LogP contribution >= 0.6 is 11.6 Å². The van der Waals surface area contributed by atoms with Crippen molar-refractivity contribution in [1.29, 1.82) is 0 Å². The molecule has 0 aliphatic rings. The van der Waals surface area contributed by atoms with Crippen LogP contribution in [0.5, 0.6) is 5.75 Å². The molecule has 0 saturated heterocycles. The van der Waals surface area contributed by atoms with Crippen LogP contribution in [0.3, 0.4) is 0 Å². The van der Waals surface area contributed by atoms with Gasteiger partial charge in [-0.25, -0.2) is 0 Å². The van der Waals surface area contributed by atoms with Gasteiger partial charge in [0.05, 0.1) is 17.8 Å². The van der Waals surface area contributed by atoms with Crippen LogP contribution in [0.1, 0.15) is 11.3 Å². The summed E-state index contributed by atoms with van der Waals surface area (Å²) in [4.78, 5) is 3.49. The van der Waals surface area contributed by atoms with Crippen LogP contribution in [0.2, 0.25) is 0 Å². The number of nitrogens with zero attached hydrogens (tertiary/aromatic N) is 1. The summed E-state index contributed by atoms with van der Waals surface area (Å²) < 4.78 is 36.4. The molecule has 6 heteroatoms. The highest BCUT2D eigenvalue weighted by molar-refractivity contribution is 6.16. The number of hydrogen-bond acceptors (Lipinski definition) is 2. The minimum atomic E-state index is -4.58. The minimum absolute atomic E-state index is 0.0757. The Morgan fingerprint density at radius 1 is 1.46 bits per heavy atom. The molecule has 13 heavy (non-hydrogen) atoms. The van der Waals surface area contributed by atoms with Crippen molar-refractivity contribution in [3.63, 3.8) is 0 Å². The average Bonchev–Trinajstić information content (AvgIpc) is 2.03. The van der Waals surface area contributed by atoms with Gasteiger partial charge < -0.3 is 5.11 Å². The molecule has 2 nitrogen and oxygen atoms in total. The van der Waals surface area contributed by atoms with E-state index < -0.39 is 17.5 Å². The van der Waals surface area contributed by atoms with E-state index in [0.717, 1.165) is 12.3 Å². The minimum Gasteiger partial charge on any atom is -0.506 e. The smallest absolute Gasteiger partial charge is 0.420 e. The van der Waals surface area contributed by atoms with Crippen molar-refractivity contribution < 1.29 is 18.3 Å². The lowest BCUT2D eigenvalue weighted by Gasteiger charge is -2.08. The van der Waals surface area contributed by atoms with Gasteiger partial charge in [-0.05, 0) is 6.07 Å². The van der Waals surface area contributed by atoms with Crippen LogP contribution in [0.15, 0.2) is 12.3 Å². The molecule has 1 N–H and O–H groups in total. The van der Waals surface area contributed by atoms with E-state index in [1.165, 1.54) is 0 Å². The highest BCUT2D eigenvalue weighted by Gasteiger charge is 2.34. The molecule has 1 aromatic rings. The van der Waals surface area contributed by atoms with Crippen molar-refractivity contribution in [3.05, 3.63) is 23.5 Å². The molecule has 0 aliphatic carbocycles. The van der Waals surface area contributed by atoms with Crippen LogP contribution in [-0.2, 0) is 12.1 Å². The van der Waals surface area contributed by atoms with Crippen LogP contribution in [0, 0.1) is 0 Å². The van der Waals surface area contributed by atoms with E-state index in [1.54, 1.807) is 0 Å². The predicted molar refractivity (Wildman–Crippen MR) is 40.5 cm³/mol. The lowest BCUT2D eigenvalue weighted by atomic mass is 10.2. The van der Waals surface area contributed by atoms with Gasteiger partial charge in [-0.1, -0.05) is 0 Å². The van der Waals surface area contributed by atoms with Gasteiger partial charge >= 0.3 is 6.18 Å². The fraction of sp³-hybridized carbons (Fsp3) is 0.286. The molecule has 1 rings (SSSR count). The zero-order chi connectivity index (χ0) is 10.1. The standard InChI is InChI=1S/C7H5ClF3NO/c8-2-4-1-5(7(9,10)11)6(13)3-12-4/h1,3,13H,2H2. The molecule has 1 heterocycles. The second-order valence-corrected chi connectivity index (χ2v) is 2.59. The molecule has 1 aromatic heterocycles. The van der Waals surface area contributed by atoms with Gasteiger partial charge in [0.1, 0.15) is 11.3 Å². The molecule has 0 aromatic carbocycles. The summed E-state index contributed by atoms with van der Waals surface area (Å²) >= 11 is 5.29. The summed E-state index contributed by atoms with van der Waals surface area (Å²) in [5.41, 5.74) is -1.04. The molecule has 0 saturated carbocycles. The average molecular weight is 212 g/mol. The fourth-order valence-corrected chi connectivity index (χ4v) is 0.938. The van der Waals surface area contributed by atoms with Crippen molar-refractivity contribution in [2.75, 3.05) is 0 Å². The SMILES string of the molecule is Oc1cnc(CCl)cc1C(F)(F)F. The Hall–Kier alpha value is -0.970. The van der Waals surface area contributed by atoms with Crippen molar-refractivity contribution >= 4 is 11.6 Å². The van der Waals surface area contributed by atoms with Crippen molar-refractivity contribution in [2.24, 2.45) is 0 Å². The quantitative estimate of drug-likeness (QED) is 0.725. The molecule has 0 amide bonds. The van der Waals surface area contributed by atoms with Crippen LogP contribution in [0.25, 0.3) is 0 Å². The summed E-state index contributed by atoms with van der Waals surface area (Å²) in [5, 5.41) is 8.84. The van der Waals surface area contributed by atoms with Gasteiger partial charge in [0.15, 0.2) is 0 Å². The third kappa shape index (κ3) is 2.24. The van der Waals surface area contributed by atoms with Crippen LogP contribution in [-0.4, -0.2) is 10.1 Å². The van der Waals surface area contributed by atoms with E-state index in [2.05, 4.69) is 4.98 Å². The first-order valence-corrected chi connectivity index (χ1v) is 3.79. The molecule has 0 unspecified atom stereocenters. The van der Waals surface area contributed by atoms with Gasteiger partial charge in [0.25, 0.3) is 0 Å². The second kappa shape index (κ2) is 3.41. The van der Waals surface area contributed by atoms with E-state index in [9.17, 15) is 13.2 Å². The number of alkyl halides is 4. The van der Waals surface area contributed by atoms with Crippen molar-refractivity contribution in [2.45, 2.75) is 12.1 Å². The van der Waals surface area contributed by atoms with Gasteiger partial charge in [-0.2, -0.15) is 13.2 Å². The zero-order valence-electron chi connectivity index (χ0n) is 6.27. The third-order valence-electron chi connectivity index (χ3n) is 1.38. The van der Waals surface area contributed by atoms with E-state index in [-0.39, 0.29) is 11.6 Å². The maximum Gasteiger partial charge on any atom is 0.420 e. The highest BCUT2D eigenvalue weighted by Crippen LogP contribution is 2.35. The topological polar surface area (TPSA) is 33.1 Å². The second-order valence-electron chi connectivity index (χ2n) is 2.32. The van der Waals surface area contributed by atoms with Gasteiger partial charge in [0.2, 0.25) is 0 Å². The Morgan fingerprint density at radius 3 is 2.54 bits per heavy atom. The first-order chi connectivity index (χ1) is 5.95. The number of aromatic nitrogens is 1. The summed E-state index contributed by atoms with van der Waals surface area (Å²) in [6, 6.07) is 0.725. The Balaban J connectivity index is 3.19. The van der Waals surface area contributed by atoms with Crippen molar-refractivity contribution in [1.82, 2.24) is 4.98 Å². The molecular weight excluding hydrogens is 207 g/mol. The molecule has 0 fully saturated rings. The van der Waals surface area contributed by atoms with E-state index in [4.69, 9.17) is 16.7 Å². The Labute approximate surface area is 77.0 Å². The van der Waals surface area contributed by atoms with Gasteiger partial charge in [-0.3, -0.25) is 4.98 Å². The summed E-state index contributed by atoms with van der Waals surface area (Å²) in [5.74, 6) is -1.01. The van der Waals surface area contributed by atoms with E-state index in [1.807, 2.05) is 0 Å². The maximum absolute atomic E-state index is 12.1. The molecule has 0 aliphatic heterocycles. The number of rotatable bonds is 1. The molecule has 0 radical (unpaired) electrons. The maximum atomic E-state index is 12.1. The number of halogens is 4. The van der Waals surface area contributed by atoms with E-state index >= 15 is 0 Å². The lowest BCUT2D eigenvalue weighted by Crippen LogP contribution is -2.06. The molecule has 0 atom stereocenters. The number of aromatic hydroxyl groups is 1. The largest absolute Gasteiger partial charge is 0.506 e. The van der Waals surface area contributed by atoms with Crippen LogP contribution < -0.4 is 0 Å². The first-order valence-electron chi connectivity index (χ1n) is 3.26. The molecule has 72 valence electrons. The van der Waals surface area contributed by atoms with Crippen molar-refractivity contribution in [3.8, 4) is 5.75 Å². The predicted octanol–water partition coefficient (Wildman–Crippen LogP) is 2.54. The summed E-state index contributed by atoms with van der Waals surface area (Å²) in [7, 11) is 0. The molecular formula is C7H5ClF3NO. The first kappa shape index (κ1) is 10.1. The fourth-order valence-electron chi connectivity index (χ4n) is 0.792. The number of pyridine rings is 1. The van der Waals surface area contributed by atoms with Crippen LogP contribution in [0.4, 0.5) is 13.2 Å². The summed E-state index contributed by atoms with van der Waals surface area (Å²) in [6.45, 7) is 0. The van der Waals surface area contributed by atoms with Gasteiger partial charge in [0, 0.05) is 0 Å². The Kier molecular flexibility index (Phi) is 2.66. The lowest BCUT2D eigenvalue weighted by molar-refractivity contribution is -0.138. The van der Waals surface area contributed by atoms with Gasteiger partial charge in [-0.15, -0.1) is 11.6 Å². The monoisotopic (exact) mass is 211 g/mol. The third-order valence-corrected chi connectivity index (χ3v) is 1.66. The van der Waals surface area contributed by atoms with E-state index in [0.29, 0.717) is 0 Å². The Morgan fingerprint density at radius 2 is 2.08 bits per heavy atom. The molecule has 0 spiro atoms. The highest BCUT2D eigenvalue weighted by atomic mass is 35.5.